The van der Waals surface area contributed by atoms with Gasteiger partial charge in [-0.2, -0.15) is 8.42 Å². The molecule has 0 radical (unpaired) electrons. The molecule has 0 bridgehead atoms. The summed E-state index contributed by atoms with van der Waals surface area (Å²) in [4.78, 5) is 2.74. The lowest BCUT2D eigenvalue weighted by atomic mass is 9.94. The van der Waals surface area contributed by atoms with Gasteiger partial charge >= 0.3 is 0 Å². The monoisotopic (exact) mass is 356 g/mol. The van der Waals surface area contributed by atoms with Crippen molar-refractivity contribution in [3.8, 4) is 0 Å². The lowest BCUT2D eigenvalue weighted by Gasteiger charge is -2.36. The Balaban J connectivity index is 1.99. The molecule has 1 aromatic rings. The molecular formula is C14H17BrN2O2S. The molecule has 2 aliphatic rings. The van der Waals surface area contributed by atoms with E-state index in [-0.39, 0.29) is 0 Å². The van der Waals surface area contributed by atoms with Gasteiger partial charge in [-0.25, -0.2) is 0 Å². The summed E-state index contributed by atoms with van der Waals surface area (Å²) in [6.45, 7) is 0. The maximum atomic E-state index is 12.1. The number of halogens is 1. The van der Waals surface area contributed by atoms with Crippen molar-refractivity contribution < 1.29 is 8.42 Å². The highest BCUT2D eigenvalue weighted by Crippen LogP contribution is 2.32. The number of nitrogens with zero attached hydrogens (tertiary/aromatic N) is 2. The van der Waals surface area contributed by atoms with Crippen molar-refractivity contribution in [1.29, 1.82) is 0 Å². The summed E-state index contributed by atoms with van der Waals surface area (Å²) in [6.07, 6.45) is 4.59. The van der Waals surface area contributed by atoms with Gasteiger partial charge in [0, 0.05) is 23.5 Å². The van der Waals surface area contributed by atoms with Gasteiger partial charge in [0.25, 0.3) is 10.0 Å². The van der Waals surface area contributed by atoms with Gasteiger partial charge in [-0.15, -0.1) is 4.40 Å². The number of hydrogen-bond donors (Lipinski definition) is 0. The molecule has 1 saturated carbocycles. The molecule has 1 heterocycles. The predicted octanol–water partition coefficient (Wildman–Crippen LogP) is 2.77. The van der Waals surface area contributed by atoms with Crippen LogP contribution in [0.4, 0.5) is 0 Å². The van der Waals surface area contributed by atoms with Crippen LogP contribution in [-0.2, 0) is 10.0 Å². The van der Waals surface area contributed by atoms with Gasteiger partial charge in [0.15, 0.2) is 5.84 Å². The maximum Gasteiger partial charge on any atom is 0.285 e. The Kier molecular flexibility index (Phi) is 3.62. The van der Waals surface area contributed by atoms with Gasteiger partial charge < -0.3 is 4.90 Å². The number of sulfonamides is 1. The van der Waals surface area contributed by atoms with E-state index in [2.05, 4.69) is 20.3 Å². The Morgan fingerprint density at radius 2 is 1.95 bits per heavy atom. The maximum absolute atomic E-state index is 12.1. The average molecular weight is 357 g/mol. The van der Waals surface area contributed by atoms with Crippen LogP contribution >= 0.6 is 15.9 Å². The molecule has 1 aliphatic heterocycles. The van der Waals surface area contributed by atoms with Gasteiger partial charge in [-0.05, 0) is 25.0 Å². The first-order chi connectivity index (χ1) is 9.50. The molecule has 20 heavy (non-hydrogen) atoms. The summed E-state index contributed by atoms with van der Waals surface area (Å²) < 4.78 is 28.2. The van der Waals surface area contributed by atoms with Crippen molar-refractivity contribution in [2.24, 2.45) is 4.40 Å². The van der Waals surface area contributed by atoms with E-state index in [4.69, 9.17) is 0 Å². The van der Waals surface area contributed by atoms with Gasteiger partial charge in [-0.3, -0.25) is 0 Å². The third-order valence-corrected chi connectivity index (χ3v) is 6.48. The van der Waals surface area contributed by atoms with E-state index in [0.29, 0.717) is 21.6 Å². The Morgan fingerprint density at radius 1 is 1.25 bits per heavy atom. The number of benzene rings is 1. The zero-order valence-electron chi connectivity index (χ0n) is 11.3. The molecular weight excluding hydrogens is 340 g/mol. The quantitative estimate of drug-likeness (QED) is 0.727. The summed E-state index contributed by atoms with van der Waals surface area (Å²) in [6, 6.07) is 7.35. The molecule has 0 amide bonds. The van der Waals surface area contributed by atoms with E-state index in [9.17, 15) is 8.42 Å². The minimum absolute atomic E-state index is 0.295. The standard InChI is InChI=1S/C14H17BrN2O2S/c1-17(12-8-4-3-7-11(12)15)14-10-6-2-5-9-13(10)20(18,19)16-14/h2,5-6,9,11-12H,3-4,7-8H2,1H3. The van der Waals surface area contributed by atoms with Crippen LogP contribution in [0.1, 0.15) is 31.2 Å². The summed E-state index contributed by atoms with van der Waals surface area (Å²) in [5, 5.41) is 0. The van der Waals surface area contributed by atoms with Crippen LogP contribution in [0.2, 0.25) is 0 Å². The number of hydrogen-bond acceptors (Lipinski definition) is 3. The summed E-state index contributed by atoms with van der Waals surface area (Å²) in [7, 11) is -1.58. The van der Waals surface area contributed by atoms with Crippen LogP contribution in [0.3, 0.4) is 0 Å². The van der Waals surface area contributed by atoms with Crippen molar-refractivity contribution in [2.75, 3.05) is 7.05 Å². The van der Waals surface area contributed by atoms with Crippen LogP contribution in [0, 0.1) is 0 Å². The zero-order valence-corrected chi connectivity index (χ0v) is 13.7. The molecule has 2 unspecified atom stereocenters. The third kappa shape index (κ3) is 2.29. The minimum Gasteiger partial charge on any atom is -0.354 e. The number of rotatable bonds is 1. The zero-order chi connectivity index (χ0) is 14.3. The van der Waals surface area contributed by atoms with Crippen LogP contribution < -0.4 is 0 Å². The van der Waals surface area contributed by atoms with Gasteiger partial charge in [0.2, 0.25) is 0 Å². The lowest BCUT2D eigenvalue weighted by Crippen LogP contribution is -2.44. The molecule has 0 aromatic heterocycles. The molecule has 6 heteroatoms. The Hall–Kier alpha value is -0.880. The fraction of sp³-hybridized carbons (Fsp3) is 0.500. The Bertz CT molecular complexity index is 657. The Morgan fingerprint density at radius 3 is 2.70 bits per heavy atom. The predicted molar refractivity (Wildman–Crippen MR) is 82.9 cm³/mol. The van der Waals surface area contributed by atoms with E-state index >= 15 is 0 Å². The van der Waals surface area contributed by atoms with Gasteiger partial charge in [0.05, 0.1) is 0 Å². The Labute approximate surface area is 128 Å². The number of alkyl halides is 1. The second-order valence-electron chi connectivity index (χ2n) is 5.36. The normalized spacial score (nSPS) is 27.8. The highest BCUT2D eigenvalue weighted by atomic mass is 79.9. The molecule has 1 aromatic carbocycles. The molecule has 108 valence electrons. The van der Waals surface area contributed by atoms with Crippen molar-refractivity contribution in [3.05, 3.63) is 29.8 Å². The van der Waals surface area contributed by atoms with E-state index in [0.717, 1.165) is 18.4 Å². The smallest absolute Gasteiger partial charge is 0.285 e. The van der Waals surface area contributed by atoms with Crippen LogP contribution in [0.15, 0.2) is 33.6 Å². The topological polar surface area (TPSA) is 49.7 Å². The largest absolute Gasteiger partial charge is 0.354 e. The number of amidine groups is 1. The van der Waals surface area contributed by atoms with Crippen LogP contribution in [0.25, 0.3) is 0 Å². The first kappa shape index (κ1) is 14.1. The molecule has 1 fully saturated rings. The second kappa shape index (κ2) is 5.15. The molecule has 2 atom stereocenters. The van der Waals surface area contributed by atoms with Crippen molar-refractivity contribution in [1.82, 2.24) is 4.90 Å². The van der Waals surface area contributed by atoms with Gasteiger partial charge in [-0.1, -0.05) is 40.9 Å². The van der Waals surface area contributed by atoms with E-state index in [1.807, 2.05) is 24.1 Å². The summed E-state index contributed by atoms with van der Waals surface area (Å²) >= 11 is 3.72. The van der Waals surface area contributed by atoms with Gasteiger partial charge in [0.1, 0.15) is 4.90 Å². The van der Waals surface area contributed by atoms with Crippen LogP contribution in [-0.4, -0.2) is 37.1 Å². The fourth-order valence-electron chi connectivity index (χ4n) is 3.00. The van der Waals surface area contributed by atoms with Crippen molar-refractivity contribution in [2.45, 2.75) is 41.4 Å². The van der Waals surface area contributed by atoms with Crippen LogP contribution in [0.5, 0.6) is 0 Å². The summed E-state index contributed by atoms with van der Waals surface area (Å²) in [5.41, 5.74) is 0.722. The second-order valence-corrected chi connectivity index (χ2v) is 8.11. The van der Waals surface area contributed by atoms with Crippen molar-refractivity contribution in [3.63, 3.8) is 0 Å². The summed E-state index contributed by atoms with van der Waals surface area (Å²) in [5.74, 6) is 0.581. The molecule has 0 saturated heterocycles. The third-order valence-electron chi connectivity index (χ3n) is 4.09. The molecule has 3 rings (SSSR count). The van der Waals surface area contributed by atoms with E-state index in [1.165, 1.54) is 12.8 Å². The van der Waals surface area contributed by atoms with E-state index < -0.39 is 10.0 Å². The SMILES string of the molecule is CN(C1=NS(=O)(=O)c2ccccc21)C1CCCCC1Br. The molecule has 0 spiro atoms. The molecule has 4 nitrogen and oxygen atoms in total. The highest BCUT2D eigenvalue weighted by Gasteiger charge is 2.35. The molecule has 0 N–H and O–H groups in total. The lowest BCUT2D eigenvalue weighted by molar-refractivity contribution is 0.291. The highest BCUT2D eigenvalue weighted by molar-refractivity contribution is 9.09. The number of fused-ring (bicyclic) bond motifs is 1. The van der Waals surface area contributed by atoms with Crippen molar-refractivity contribution >= 4 is 31.8 Å². The minimum atomic E-state index is -3.52. The van der Waals surface area contributed by atoms with E-state index in [1.54, 1.807) is 12.1 Å². The fourth-order valence-corrected chi connectivity index (χ4v) is 5.19. The first-order valence-corrected chi connectivity index (χ1v) is 9.17. The first-order valence-electron chi connectivity index (χ1n) is 6.82. The molecule has 1 aliphatic carbocycles. The average Bonchev–Trinajstić information content (AvgIpc) is 2.71.